The molecule has 0 aromatic heterocycles. The van der Waals surface area contributed by atoms with Crippen LogP contribution in [0.5, 0.6) is 0 Å². The zero-order valence-electron chi connectivity index (χ0n) is 23.4. The number of hydrogen-bond donors (Lipinski definition) is 3. The van der Waals surface area contributed by atoms with E-state index < -0.39 is 17.8 Å². The predicted octanol–water partition coefficient (Wildman–Crippen LogP) is 6.73. The normalized spacial score (nSPS) is 16.6. The van der Waals surface area contributed by atoms with Crippen LogP contribution in [0.2, 0.25) is 0 Å². The number of alkyl halides is 3. The van der Waals surface area contributed by atoms with Gasteiger partial charge in [-0.2, -0.15) is 13.2 Å². The van der Waals surface area contributed by atoms with E-state index in [-0.39, 0.29) is 17.6 Å². The van der Waals surface area contributed by atoms with E-state index in [1.165, 1.54) is 23.8 Å². The summed E-state index contributed by atoms with van der Waals surface area (Å²) in [6, 6.07) is 19.5. The second-order valence-electron chi connectivity index (χ2n) is 10.9. The molecule has 0 bridgehead atoms. The molecule has 2 aliphatic rings. The summed E-state index contributed by atoms with van der Waals surface area (Å²) >= 11 is 0. The molecule has 222 valence electrons. The van der Waals surface area contributed by atoms with Crippen LogP contribution in [0.3, 0.4) is 0 Å². The van der Waals surface area contributed by atoms with Crippen molar-refractivity contribution in [2.75, 3.05) is 41.7 Å². The number of rotatable bonds is 7. The van der Waals surface area contributed by atoms with Gasteiger partial charge in [0.2, 0.25) is 0 Å². The highest BCUT2D eigenvalue weighted by Gasteiger charge is 2.33. The molecule has 1 saturated carbocycles. The smallest absolute Gasteiger partial charge is 0.368 e. The molecule has 0 radical (unpaired) electrons. The Hall–Kier alpha value is -4.05. The monoisotopic (exact) mass is 579 g/mol. The molecule has 2 fully saturated rings. The van der Waals surface area contributed by atoms with Crippen molar-refractivity contribution in [1.82, 2.24) is 10.2 Å². The van der Waals surface area contributed by atoms with E-state index in [1.807, 2.05) is 24.3 Å². The van der Waals surface area contributed by atoms with E-state index in [4.69, 9.17) is 0 Å². The number of urea groups is 1. The molecule has 3 amide bonds. The second-order valence-corrected chi connectivity index (χ2v) is 10.9. The van der Waals surface area contributed by atoms with Crippen LogP contribution in [0.25, 0.3) is 0 Å². The number of halogens is 3. The van der Waals surface area contributed by atoms with Crippen LogP contribution in [0.1, 0.15) is 53.6 Å². The lowest BCUT2D eigenvalue weighted by atomic mass is 9.95. The third-order valence-electron chi connectivity index (χ3n) is 7.88. The maximum Gasteiger partial charge on any atom is 0.418 e. The first-order valence-corrected chi connectivity index (χ1v) is 14.5. The van der Waals surface area contributed by atoms with Gasteiger partial charge in [-0.1, -0.05) is 61.7 Å². The van der Waals surface area contributed by atoms with Crippen LogP contribution in [0, 0.1) is 0 Å². The Morgan fingerprint density at radius 3 is 2.21 bits per heavy atom. The summed E-state index contributed by atoms with van der Waals surface area (Å²) in [4.78, 5) is 30.9. The lowest BCUT2D eigenvalue weighted by Gasteiger charge is -2.37. The molecule has 0 unspecified atom stereocenters. The minimum Gasteiger partial charge on any atom is -0.368 e. The van der Waals surface area contributed by atoms with E-state index in [9.17, 15) is 22.8 Å². The molecule has 0 spiro atoms. The fourth-order valence-electron chi connectivity index (χ4n) is 5.69. The van der Waals surface area contributed by atoms with E-state index in [2.05, 4.69) is 37.9 Å². The van der Waals surface area contributed by atoms with Crippen LogP contribution in [0.15, 0.2) is 72.8 Å². The SMILES string of the molecule is O=C(Nc1ccc(N2CCN(Cc3ccccc3)CC2)c(C(=O)NC2CCCCC2)c1)Nc1ccccc1C(F)(F)F. The fourth-order valence-corrected chi connectivity index (χ4v) is 5.69. The number of nitrogens with zero attached hydrogens (tertiary/aromatic N) is 2. The standard InChI is InChI=1S/C32H36F3N5O2/c33-32(34,35)27-13-7-8-14-28(27)38-31(42)37-25-15-16-29(26(21-25)30(41)36-24-11-5-2-6-12-24)40-19-17-39(18-20-40)22-23-9-3-1-4-10-23/h1,3-4,7-10,13-16,21,24H,2,5-6,11-12,17-20,22H2,(H,36,41)(H2,37,38,42). The molecule has 1 aliphatic heterocycles. The van der Waals surface area contributed by atoms with Crippen molar-refractivity contribution in [2.45, 2.75) is 50.9 Å². The largest absolute Gasteiger partial charge is 0.418 e. The van der Waals surface area contributed by atoms with Gasteiger partial charge in [-0.15, -0.1) is 0 Å². The molecule has 7 nitrogen and oxygen atoms in total. The Morgan fingerprint density at radius 2 is 1.50 bits per heavy atom. The molecule has 5 rings (SSSR count). The zero-order valence-corrected chi connectivity index (χ0v) is 23.4. The summed E-state index contributed by atoms with van der Waals surface area (Å²) < 4.78 is 40.2. The molecule has 0 atom stereocenters. The fraction of sp³-hybridized carbons (Fsp3) is 0.375. The third-order valence-corrected chi connectivity index (χ3v) is 7.88. The van der Waals surface area contributed by atoms with Crippen molar-refractivity contribution in [3.63, 3.8) is 0 Å². The van der Waals surface area contributed by atoms with Crippen molar-refractivity contribution in [3.8, 4) is 0 Å². The number of amides is 3. The number of hydrogen-bond acceptors (Lipinski definition) is 4. The zero-order chi connectivity index (χ0) is 29.5. The summed E-state index contributed by atoms with van der Waals surface area (Å²) in [6.07, 6.45) is 0.555. The van der Waals surface area contributed by atoms with Crippen molar-refractivity contribution >= 4 is 29.0 Å². The number of carbonyl (C=O) groups is 2. The van der Waals surface area contributed by atoms with Gasteiger partial charge in [-0.05, 0) is 48.7 Å². The molecule has 42 heavy (non-hydrogen) atoms. The highest BCUT2D eigenvalue weighted by molar-refractivity contribution is 6.04. The number of nitrogens with one attached hydrogen (secondary N) is 3. The van der Waals surface area contributed by atoms with Crippen LogP contribution in [-0.4, -0.2) is 49.1 Å². The maximum absolute atomic E-state index is 13.6. The first kappa shape index (κ1) is 29.4. The van der Waals surface area contributed by atoms with Gasteiger partial charge in [0, 0.05) is 50.1 Å². The summed E-state index contributed by atoms with van der Waals surface area (Å²) in [6.45, 7) is 3.99. The number of benzene rings is 3. The number of anilines is 3. The molecule has 1 saturated heterocycles. The minimum atomic E-state index is -4.61. The van der Waals surface area contributed by atoms with Crippen molar-refractivity contribution in [3.05, 3.63) is 89.5 Å². The molecule has 1 aliphatic carbocycles. The molecular weight excluding hydrogens is 543 g/mol. The van der Waals surface area contributed by atoms with Crippen LogP contribution in [0.4, 0.5) is 35.0 Å². The Labute approximate surface area is 244 Å². The third kappa shape index (κ3) is 7.61. The molecule has 3 N–H and O–H groups in total. The highest BCUT2D eigenvalue weighted by Crippen LogP contribution is 2.35. The van der Waals surface area contributed by atoms with Gasteiger partial charge >= 0.3 is 12.2 Å². The van der Waals surface area contributed by atoms with Crippen LogP contribution < -0.4 is 20.9 Å². The van der Waals surface area contributed by atoms with Gasteiger partial charge in [0.05, 0.1) is 16.8 Å². The highest BCUT2D eigenvalue weighted by atomic mass is 19.4. The van der Waals surface area contributed by atoms with E-state index in [0.717, 1.165) is 76.6 Å². The van der Waals surface area contributed by atoms with Crippen LogP contribution in [-0.2, 0) is 12.7 Å². The van der Waals surface area contributed by atoms with Gasteiger partial charge in [0.25, 0.3) is 5.91 Å². The van der Waals surface area contributed by atoms with Gasteiger partial charge < -0.3 is 20.9 Å². The number of piperazine rings is 1. The van der Waals surface area contributed by atoms with E-state index in [1.54, 1.807) is 12.1 Å². The molecule has 10 heteroatoms. The van der Waals surface area contributed by atoms with Crippen molar-refractivity contribution < 1.29 is 22.8 Å². The summed E-state index contributed by atoms with van der Waals surface area (Å²) in [5.74, 6) is -0.213. The van der Waals surface area contributed by atoms with Crippen molar-refractivity contribution in [1.29, 1.82) is 0 Å². The summed E-state index contributed by atoms with van der Waals surface area (Å²) in [7, 11) is 0. The molecule has 3 aromatic carbocycles. The predicted molar refractivity (Wildman–Crippen MR) is 159 cm³/mol. The van der Waals surface area contributed by atoms with Crippen molar-refractivity contribution in [2.24, 2.45) is 0 Å². The number of para-hydroxylation sites is 1. The van der Waals surface area contributed by atoms with E-state index >= 15 is 0 Å². The van der Waals surface area contributed by atoms with Gasteiger partial charge in [0.1, 0.15) is 0 Å². The average molecular weight is 580 g/mol. The van der Waals surface area contributed by atoms with Gasteiger partial charge in [0.15, 0.2) is 0 Å². The Morgan fingerprint density at radius 1 is 0.810 bits per heavy atom. The maximum atomic E-state index is 13.6. The summed E-state index contributed by atoms with van der Waals surface area (Å²) in [5.41, 5.74) is 1.50. The Kier molecular flexibility index (Phi) is 9.31. The molecule has 1 heterocycles. The molecular formula is C32H36F3N5O2. The first-order valence-electron chi connectivity index (χ1n) is 14.5. The van der Waals surface area contributed by atoms with Gasteiger partial charge in [-0.3, -0.25) is 9.69 Å². The van der Waals surface area contributed by atoms with E-state index in [0.29, 0.717) is 11.3 Å². The minimum absolute atomic E-state index is 0.0978. The lowest BCUT2D eigenvalue weighted by molar-refractivity contribution is -0.136. The Bertz CT molecular complexity index is 1370. The second kappa shape index (κ2) is 13.3. The lowest BCUT2D eigenvalue weighted by Crippen LogP contribution is -2.46. The first-order chi connectivity index (χ1) is 20.3. The van der Waals surface area contributed by atoms with Crippen LogP contribution >= 0.6 is 0 Å². The average Bonchev–Trinajstić information content (AvgIpc) is 2.98. The quantitative estimate of drug-likeness (QED) is 0.290. The Balaban J connectivity index is 1.31. The topological polar surface area (TPSA) is 76.7 Å². The number of carbonyl (C=O) groups excluding carboxylic acids is 2. The van der Waals surface area contributed by atoms with Gasteiger partial charge in [-0.25, -0.2) is 4.79 Å². The molecule has 3 aromatic rings. The summed E-state index contributed by atoms with van der Waals surface area (Å²) in [5, 5.41) is 8.08.